The van der Waals surface area contributed by atoms with Crippen molar-refractivity contribution in [1.29, 1.82) is 0 Å². The Bertz CT molecular complexity index is 1130. The summed E-state index contributed by atoms with van der Waals surface area (Å²) in [6.07, 6.45) is 5.73. The molecule has 3 aliphatic rings. The highest BCUT2D eigenvalue weighted by Gasteiger charge is 2.41. The highest BCUT2D eigenvalue weighted by atomic mass is 32.2. The molecule has 2 fully saturated rings. The van der Waals surface area contributed by atoms with E-state index >= 15 is 0 Å². The number of benzene rings is 2. The van der Waals surface area contributed by atoms with Crippen LogP contribution in [-0.2, 0) is 19.6 Å². The summed E-state index contributed by atoms with van der Waals surface area (Å²) >= 11 is 0. The molecule has 3 heterocycles. The molecule has 2 aromatic rings. The van der Waals surface area contributed by atoms with Crippen LogP contribution in [0.15, 0.2) is 59.5 Å². The molecule has 0 radical (unpaired) electrons. The number of carbonyl (C=O) groups is 1. The second-order valence-electron chi connectivity index (χ2n) is 8.28. The summed E-state index contributed by atoms with van der Waals surface area (Å²) < 4.78 is 33.2. The molecule has 3 aliphatic heterocycles. The smallest absolute Gasteiger partial charge is 0.250 e. The van der Waals surface area contributed by atoms with Crippen molar-refractivity contribution in [3.8, 4) is 0 Å². The number of anilines is 2. The highest BCUT2D eigenvalue weighted by Crippen LogP contribution is 2.41. The van der Waals surface area contributed by atoms with Crippen LogP contribution in [0.25, 0.3) is 6.08 Å². The van der Waals surface area contributed by atoms with Gasteiger partial charge in [0.15, 0.2) is 0 Å². The number of amides is 1. The van der Waals surface area contributed by atoms with Crippen LogP contribution < -0.4 is 9.80 Å². The van der Waals surface area contributed by atoms with Crippen molar-refractivity contribution >= 4 is 33.4 Å². The molecular weight excluding hydrogens is 426 g/mol. The van der Waals surface area contributed by atoms with E-state index in [1.54, 1.807) is 17.0 Å². The van der Waals surface area contributed by atoms with Gasteiger partial charge < -0.3 is 14.5 Å². The minimum atomic E-state index is -3.64. The van der Waals surface area contributed by atoms with Crippen molar-refractivity contribution in [1.82, 2.24) is 4.31 Å². The maximum atomic E-state index is 13.3. The van der Waals surface area contributed by atoms with Gasteiger partial charge in [0.05, 0.1) is 29.5 Å². The number of sulfonamides is 1. The van der Waals surface area contributed by atoms with Gasteiger partial charge in [0.25, 0.3) is 0 Å². The van der Waals surface area contributed by atoms with Crippen LogP contribution in [0.3, 0.4) is 0 Å². The van der Waals surface area contributed by atoms with Gasteiger partial charge in [0, 0.05) is 26.2 Å². The van der Waals surface area contributed by atoms with E-state index in [4.69, 9.17) is 4.74 Å². The molecule has 5 rings (SSSR count). The average Bonchev–Trinajstić information content (AvgIpc) is 3.33. The fraction of sp³-hybridized carbons (Fsp3) is 0.375. The summed E-state index contributed by atoms with van der Waals surface area (Å²) in [5.74, 6) is 0.0358. The summed E-state index contributed by atoms with van der Waals surface area (Å²) in [5, 5.41) is 0. The molecule has 1 amide bonds. The molecule has 32 heavy (non-hydrogen) atoms. The van der Waals surface area contributed by atoms with E-state index in [9.17, 15) is 13.2 Å². The Hall–Kier alpha value is -2.68. The highest BCUT2D eigenvalue weighted by molar-refractivity contribution is 7.89. The second kappa shape index (κ2) is 8.69. The summed E-state index contributed by atoms with van der Waals surface area (Å²) in [5.41, 5.74) is 2.66. The number of hydrogen-bond acceptors (Lipinski definition) is 5. The maximum absolute atomic E-state index is 13.3. The zero-order valence-corrected chi connectivity index (χ0v) is 18.7. The Labute approximate surface area is 188 Å². The van der Waals surface area contributed by atoms with Crippen molar-refractivity contribution in [2.75, 3.05) is 49.2 Å². The molecule has 1 atom stereocenters. The largest absolute Gasteiger partial charge is 0.379 e. The Morgan fingerprint density at radius 2 is 1.78 bits per heavy atom. The van der Waals surface area contributed by atoms with Gasteiger partial charge in [-0.15, -0.1) is 0 Å². The van der Waals surface area contributed by atoms with E-state index in [0.29, 0.717) is 38.5 Å². The van der Waals surface area contributed by atoms with Crippen LogP contribution >= 0.6 is 0 Å². The first kappa shape index (κ1) is 21.2. The van der Waals surface area contributed by atoms with Crippen molar-refractivity contribution < 1.29 is 17.9 Å². The predicted octanol–water partition coefficient (Wildman–Crippen LogP) is 2.74. The molecule has 0 aliphatic carbocycles. The number of morpholine rings is 1. The average molecular weight is 454 g/mol. The Kier molecular flexibility index (Phi) is 5.75. The topological polar surface area (TPSA) is 70.2 Å². The summed E-state index contributed by atoms with van der Waals surface area (Å²) in [4.78, 5) is 17.4. The zero-order chi connectivity index (χ0) is 22.1. The number of hydrogen-bond donors (Lipinski definition) is 0. The van der Waals surface area contributed by atoms with Crippen molar-refractivity contribution in [2.24, 2.45) is 0 Å². The normalized spacial score (nSPS) is 21.8. The van der Waals surface area contributed by atoms with Gasteiger partial charge in [-0.25, -0.2) is 8.42 Å². The first-order valence-electron chi connectivity index (χ1n) is 11.1. The number of rotatable bonds is 5. The molecule has 8 heteroatoms. The Morgan fingerprint density at radius 3 is 2.56 bits per heavy atom. The van der Waals surface area contributed by atoms with Crippen molar-refractivity contribution in [3.63, 3.8) is 0 Å². The first-order chi connectivity index (χ1) is 15.6. The molecule has 0 unspecified atom stereocenters. The fourth-order valence-electron chi connectivity index (χ4n) is 4.72. The first-order valence-corrected chi connectivity index (χ1v) is 12.5. The standard InChI is InChI=1S/C24H27N3O4S/c28-24-22-9-5-12-26(22)21-11-10-20(32(29,30)25-14-16-31-17-15-25)18-23(21)27(24)13-4-8-19-6-2-1-3-7-19/h1-4,6-8,10-11,18,22H,5,9,12-17H2/b8-4+/t22-/m1/s1. The van der Waals surface area contributed by atoms with E-state index in [1.807, 2.05) is 48.6 Å². The molecule has 0 saturated carbocycles. The quantitative estimate of drug-likeness (QED) is 0.696. The lowest BCUT2D eigenvalue weighted by molar-refractivity contribution is -0.119. The predicted molar refractivity (Wildman–Crippen MR) is 124 cm³/mol. The van der Waals surface area contributed by atoms with Gasteiger partial charge in [-0.05, 0) is 36.6 Å². The minimum absolute atomic E-state index is 0.0358. The lowest BCUT2D eigenvalue weighted by Crippen LogP contribution is -2.50. The molecule has 2 aromatic carbocycles. The third-order valence-electron chi connectivity index (χ3n) is 6.36. The third-order valence-corrected chi connectivity index (χ3v) is 8.25. The zero-order valence-electron chi connectivity index (χ0n) is 17.9. The van der Waals surface area contributed by atoms with Crippen LogP contribution in [0.4, 0.5) is 11.4 Å². The molecule has 0 aromatic heterocycles. The van der Waals surface area contributed by atoms with E-state index in [-0.39, 0.29) is 16.8 Å². The van der Waals surface area contributed by atoms with Crippen LogP contribution in [0.2, 0.25) is 0 Å². The van der Waals surface area contributed by atoms with Gasteiger partial charge >= 0.3 is 0 Å². The minimum Gasteiger partial charge on any atom is -0.379 e. The van der Waals surface area contributed by atoms with Crippen LogP contribution in [-0.4, -0.2) is 64.1 Å². The molecule has 168 valence electrons. The van der Waals surface area contributed by atoms with Gasteiger partial charge in [0.1, 0.15) is 6.04 Å². The van der Waals surface area contributed by atoms with Crippen molar-refractivity contribution in [3.05, 3.63) is 60.2 Å². The summed E-state index contributed by atoms with van der Waals surface area (Å²) in [6.45, 7) is 2.69. The van der Waals surface area contributed by atoms with Crippen LogP contribution in [0.5, 0.6) is 0 Å². The Morgan fingerprint density at radius 1 is 1.00 bits per heavy atom. The van der Waals surface area contributed by atoms with Gasteiger partial charge in [-0.2, -0.15) is 4.31 Å². The van der Waals surface area contributed by atoms with Gasteiger partial charge in [-0.1, -0.05) is 42.5 Å². The van der Waals surface area contributed by atoms with E-state index < -0.39 is 10.0 Å². The van der Waals surface area contributed by atoms with Gasteiger partial charge in [-0.3, -0.25) is 4.79 Å². The Balaban J connectivity index is 1.49. The van der Waals surface area contributed by atoms with Crippen LogP contribution in [0.1, 0.15) is 18.4 Å². The number of ether oxygens (including phenoxy) is 1. The number of nitrogens with zero attached hydrogens (tertiary/aromatic N) is 3. The lowest BCUT2D eigenvalue weighted by atomic mass is 10.1. The number of carbonyl (C=O) groups excluding carboxylic acids is 1. The SMILES string of the molecule is O=C1[C@H]2CCCN2c2ccc(S(=O)(=O)N3CCOCC3)cc2N1C/C=C/c1ccccc1. The lowest BCUT2D eigenvalue weighted by Gasteiger charge is -2.39. The van der Waals surface area contributed by atoms with Crippen molar-refractivity contribution in [2.45, 2.75) is 23.8 Å². The monoisotopic (exact) mass is 453 g/mol. The molecular formula is C24H27N3O4S. The molecule has 0 spiro atoms. The van der Waals surface area contributed by atoms with Crippen LogP contribution in [0, 0.1) is 0 Å². The van der Waals surface area contributed by atoms with E-state index in [1.165, 1.54) is 4.31 Å². The third kappa shape index (κ3) is 3.83. The summed E-state index contributed by atoms with van der Waals surface area (Å²) in [6, 6.07) is 15.0. The fourth-order valence-corrected chi connectivity index (χ4v) is 6.14. The van der Waals surface area contributed by atoms with E-state index in [0.717, 1.165) is 30.6 Å². The second-order valence-corrected chi connectivity index (χ2v) is 10.2. The summed E-state index contributed by atoms with van der Waals surface area (Å²) in [7, 11) is -3.64. The molecule has 7 nitrogen and oxygen atoms in total. The van der Waals surface area contributed by atoms with Gasteiger partial charge in [0.2, 0.25) is 15.9 Å². The molecule has 0 bridgehead atoms. The number of fused-ring (bicyclic) bond motifs is 3. The molecule has 2 saturated heterocycles. The maximum Gasteiger partial charge on any atom is 0.250 e. The van der Waals surface area contributed by atoms with E-state index in [2.05, 4.69) is 4.90 Å². The molecule has 0 N–H and O–H groups in total.